The van der Waals surface area contributed by atoms with Crippen LogP contribution in [0.15, 0.2) is 0 Å². The van der Waals surface area contributed by atoms with E-state index in [1.807, 2.05) is 0 Å². The van der Waals surface area contributed by atoms with Gasteiger partial charge in [-0.1, -0.05) is 39.0 Å². The molecule has 0 atom stereocenters. The summed E-state index contributed by atoms with van der Waals surface area (Å²) in [6.07, 6.45) is 6.04. The maximum absolute atomic E-state index is 9.31. The van der Waals surface area contributed by atoms with Crippen molar-refractivity contribution in [1.82, 2.24) is 0 Å². The van der Waals surface area contributed by atoms with Crippen LogP contribution in [0.3, 0.4) is 0 Å². The van der Waals surface area contributed by atoms with Crippen LogP contribution in [0.1, 0.15) is 58.8 Å². The van der Waals surface area contributed by atoms with E-state index in [9.17, 15) is 10.2 Å². The van der Waals surface area contributed by atoms with Gasteiger partial charge >= 0.3 is 0 Å². The summed E-state index contributed by atoms with van der Waals surface area (Å²) in [6, 6.07) is 0. The van der Waals surface area contributed by atoms with Crippen molar-refractivity contribution in [3.8, 4) is 0 Å². The fraction of sp³-hybridized carbons (Fsp3) is 1.00. The van der Waals surface area contributed by atoms with E-state index in [4.69, 9.17) is 10.2 Å². The van der Waals surface area contributed by atoms with E-state index in [1.165, 1.54) is 12.8 Å². The van der Waals surface area contributed by atoms with Crippen molar-refractivity contribution in [2.75, 3.05) is 0 Å². The first-order valence-corrected chi connectivity index (χ1v) is 5.71. The fourth-order valence-electron chi connectivity index (χ4n) is 1.39. The molecule has 0 spiro atoms. The summed E-state index contributed by atoms with van der Waals surface area (Å²) in [7, 11) is 0. The Morgan fingerprint density at radius 2 is 1.27 bits per heavy atom. The number of unbranched alkanes of at least 4 members (excludes halogenated alkanes) is 5. The third-order valence-electron chi connectivity index (χ3n) is 2.64. The molecule has 0 aromatic rings. The molecule has 0 unspecified atom stereocenters. The highest BCUT2D eigenvalue weighted by molar-refractivity contribution is 4.77. The molecule has 4 heteroatoms. The highest BCUT2D eigenvalue weighted by Gasteiger charge is 2.42. The molecule has 0 aliphatic rings. The molecule has 0 heterocycles. The Morgan fingerprint density at radius 1 is 0.800 bits per heavy atom. The van der Waals surface area contributed by atoms with Crippen LogP contribution in [0.25, 0.3) is 0 Å². The van der Waals surface area contributed by atoms with Gasteiger partial charge in [-0.2, -0.15) is 0 Å². The molecule has 0 radical (unpaired) electrons. The van der Waals surface area contributed by atoms with Crippen LogP contribution < -0.4 is 0 Å². The van der Waals surface area contributed by atoms with E-state index in [-0.39, 0.29) is 6.42 Å². The Kier molecular flexibility index (Phi) is 6.36. The Labute approximate surface area is 91.6 Å². The second-order valence-corrected chi connectivity index (χ2v) is 4.36. The molecule has 0 saturated carbocycles. The van der Waals surface area contributed by atoms with Gasteiger partial charge in [-0.05, 0) is 13.3 Å². The summed E-state index contributed by atoms with van der Waals surface area (Å²) in [5.41, 5.74) is 0. The molecule has 0 saturated heterocycles. The van der Waals surface area contributed by atoms with Crippen molar-refractivity contribution in [2.24, 2.45) is 0 Å². The lowest BCUT2D eigenvalue weighted by atomic mass is 9.99. The molecule has 4 N–H and O–H groups in total. The Hall–Kier alpha value is -0.160. The normalized spacial score (nSPS) is 13.2. The average molecular weight is 220 g/mol. The third kappa shape index (κ3) is 6.10. The minimum Gasteiger partial charge on any atom is -0.362 e. The van der Waals surface area contributed by atoms with Gasteiger partial charge in [-0.15, -0.1) is 0 Å². The molecule has 92 valence electrons. The number of hydrogen-bond acceptors (Lipinski definition) is 4. The second-order valence-electron chi connectivity index (χ2n) is 4.36. The first-order valence-electron chi connectivity index (χ1n) is 5.71. The molecule has 0 aliphatic carbocycles. The predicted molar refractivity (Wildman–Crippen MR) is 58.0 cm³/mol. The molecule has 4 nitrogen and oxygen atoms in total. The molecule has 0 aromatic carbocycles. The second kappa shape index (κ2) is 6.43. The zero-order chi connectivity index (χ0) is 11.9. The van der Waals surface area contributed by atoms with E-state index in [0.717, 1.165) is 26.2 Å². The Morgan fingerprint density at radius 3 is 1.73 bits per heavy atom. The van der Waals surface area contributed by atoms with Gasteiger partial charge in [0.1, 0.15) is 0 Å². The minimum absolute atomic E-state index is 0.0113. The first-order chi connectivity index (χ1) is 6.81. The van der Waals surface area contributed by atoms with E-state index >= 15 is 0 Å². The van der Waals surface area contributed by atoms with Crippen molar-refractivity contribution < 1.29 is 20.4 Å². The van der Waals surface area contributed by atoms with Gasteiger partial charge in [0.25, 0.3) is 0 Å². The molecule has 0 aliphatic heterocycles. The van der Waals surface area contributed by atoms with E-state index < -0.39 is 11.6 Å². The molecule has 0 aromatic heterocycles. The van der Waals surface area contributed by atoms with Crippen molar-refractivity contribution >= 4 is 0 Å². The fourth-order valence-corrected chi connectivity index (χ4v) is 1.39. The van der Waals surface area contributed by atoms with Crippen molar-refractivity contribution in [3.63, 3.8) is 0 Å². The average Bonchev–Trinajstić information content (AvgIpc) is 2.09. The minimum atomic E-state index is -2.45. The van der Waals surface area contributed by atoms with Crippen molar-refractivity contribution in [3.05, 3.63) is 0 Å². The molecule has 0 amide bonds. The zero-order valence-corrected chi connectivity index (χ0v) is 9.74. The zero-order valence-electron chi connectivity index (χ0n) is 9.74. The molecule has 0 rings (SSSR count). The summed E-state index contributed by atoms with van der Waals surface area (Å²) < 4.78 is 0. The smallest absolute Gasteiger partial charge is 0.218 e. The van der Waals surface area contributed by atoms with Crippen molar-refractivity contribution in [2.45, 2.75) is 70.4 Å². The van der Waals surface area contributed by atoms with Crippen LogP contribution in [0.5, 0.6) is 0 Å². The van der Waals surface area contributed by atoms with Gasteiger partial charge in [0, 0.05) is 6.42 Å². The van der Waals surface area contributed by atoms with Crippen LogP contribution in [-0.2, 0) is 0 Å². The molecular formula is C11H24O4. The van der Waals surface area contributed by atoms with Crippen LogP contribution in [0.2, 0.25) is 0 Å². The first kappa shape index (κ1) is 14.8. The summed E-state index contributed by atoms with van der Waals surface area (Å²) >= 11 is 0. The monoisotopic (exact) mass is 220 g/mol. The van der Waals surface area contributed by atoms with Gasteiger partial charge in [-0.3, -0.25) is 0 Å². The summed E-state index contributed by atoms with van der Waals surface area (Å²) in [5.74, 6) is -4.85. The lowest BCUT2D eigenvalue weighted by Gasteiger charge is -2.31. The highest BCUT2D eigenvalue weighted by Crippen LogP contribution is 2.23. The Balaban J connectivity index is 3.58. The van der Waals surface area contributed by atoms with Crippen LogP contribution >= 0.6 is 0 Å². The lowest BCUT2D eigenvalue weighted by molar-refractivity contribution is -0.350. The topological polar surface area (TPSA) is 80.9 Å². The van der Waals surface area contributed by atoms with Crippen LogP contribution in [0, 0.1) is 0 Å². The molecular weight excluding hydrogens is 196 g/mol. The van der Waals surface area contributed by atoms with Crippen molar-refractivity contribution in [1.29, 1.82) is 0 Å². The Bertz CT molecular complexity index is 160. The third-order valence-corrected chi connectivity index (χ3v) is 2.64. The highest BCUT2D eigenvalue weighted by atomic mass is 16.6. The van der Waals surface area contributed by atoms with Gasteiger partial charge in [0.05, 0.1) is 0 Å². The SMILES string of the molecule is CCCCCCCCC(O)(O)C(C)(O)O. The van der Waals surface area contributed by atoms with Crippen LogP contribution in [0.4, 0.5) is 0 Å². The predicted octanol–water partition coefficient (Wildman–Crippen LogP) is 1.12. The number of rotatable bonds is 8. The molecule has 0 bridgehead atoms. The van der Waals surface area contributed by atoms with Gasteiger partial charge in [0.15, 0.2) is 0 Å². The molecule has 15 heavy (non-hydrogen) atoms. The lowest BCUT2D eigenvalue weighted by Crippen LogP contribution is -2.52. The van der Waals surface area contributed by atoms with Gasteiger partial charge < -0.3 is 20.4 Å². The van der Waals surface area contributed by atoms with Gasteiger partial charge in [0.2, 0.25) is 11.6 Å². The van der Waals surface area contributed by atoms with E-state index in [2.05, 4.69) is 6.92 Å². The van der Waals surface area contributed by atoms with E-state index in [1.54, 1.807) is 0 Å². The van der Waals surface area contributed by atoms with Gasteiger partial charge in [-0.25, -0.2) is 0 Å². The summed E-state index contributed by atoms with van der Waals surface area (Å²) in [6.45, 7) is 3.11. The maximum atomic E-state index is 9.31. The van der Waals surface area contributed by atoms with Crippen LogP contribution in [-0.4, -0.2) is 32.0 Å². The number of hydrogen-bond donors (Lipinski definition) is 4. The summed E-state index contributed by atoms with van der Waals surface area (Å²) in [5, 5.41) is 36.7. The maximum Gasteiger partial charge on any atom is 0.218 e. The quantitative estimate of drug-likeness (QED) is 0.365. The van der Waals surface area contributed by atoms with E-state index in [0.29, 0.717) is 6.42 Å². The standard InChI is InChI=1S/C11H24O4/c1-3-4-5-6-7-8-9-11(14,15)10(2,12)13/h12-15H,3-9H2,1-2H3. The summed E-state index contributed by atoms with van der Waals surface area (Å²) in [4.78, 5) is 0. The number of aliphatic hydroxyl groups is 4. The largest absolute Gasteiger partial charge is 0.362 e. The molecule has 0 fully saturated rings.